The average molecular weight is 349 g/mol. The Labute approximate surface area is 148 Å². The fourth-order valence-corrected chi connectivity index (χ4v) is 5.94. The van der Waals surface area contributed by atoms with Crippen molar-refractivity contribution >= 4 is 11.8 Å². The Balaban J connectivity index is 1.38. The van der Waals surface area contributed by atoms with Gasteiger partial charge in [0.05, 0.1) is 26.4 Å². The number of amides is 2. The first-order chi connectivity index (χ1) is 12.2. The first-order valence-electron chi connectivity index (χ1n) is 9.73. The van der Waals surface area contributed by atoms with Gasteiger partial charge in [-0.1, -0.05) is 0 Å². The van der Waals surface area contributed by atoms with E-state index in [1.807, 2.05) is 0 Å². The summed E-state index contributed by atoms with van der Waals surface area (Å²) in [5.74, 6) is 0.941. The summed E-state index contributed by atoms with van der Waals surface area (Å²) < 4.78 is 11.0. The van der Waals surface area contributed by atoms with Crippen LogP contribution in [0.5, 0.6) is 0 Å². The van der Waals surface area contributed by atoms with Crippen molar-refractivity contribution in [1.29, 1.82) is 0 Å². The summed E-state index contributed by atoms with van der Waals surface area (Å²) in [7, 11) is 0. The van der Waals surface area contributed by atoms with Crippen LogP contribution in [0.2, 0.25) is 0 Å². The van der Waals surface area contributed by atoms with Crippen LogP contribution in [0, 0.1) is 11.8 Å². The Bertz CT molecular complexity index is 543. The zero-order chi connectivity index (χ0) is 17.0. The molecule has 25 heavy (non-hydrogen) atoms. The lowest BCUT2D eigenvalue weighted by atomic mass is 10.0. The lowest BCUT2D eigenvalue weighted by molar-refractivity contribution is -0.154. The number of hydrogen-bond donors (Lipinski definition) is 0. The summed E-state index contributed by atoms with van der Waals surface area (Å²) in [5.41, 5.74) is -0.336. The molecule has 0 N–H and O–H groups in total. The number of fused-ring (bicyclic) bond motifs is 1. The number of nitrogens with zero attached hydrogens (tertiary/aromatic N) is 3. The van der Waals surface area contributed by atoms with E-state index in [1.165, 1.54) is 0 Å². The van der Waals surface area contributed by atoms with Crippen molar-refractivity contribution in [1.82, 2.24) is 14.7 Å². The smallest absolute Gasteiger partial charge is 0.231 e. The SMILES string of the molecule is O=C1CCC(=O)N1C1(N2CCOCC2)[C@@H]2CC(N3CCOCC3)C[C@@H]21. The van der Waals surface area contributed by atoms with Crippen molar-refractivity contribution in [3.05, 3.63) is 0 Å². The molecule has 138 valence electrons. The van der Waals surface area contributed by atoms with Crippen LogP contribution in [0.4, 0.5) is 0 Å². The second-order valence-corrected chi connectivity index (χ2v) is 7.99. The van der Waals surface area contributed by atoms with Gasteiger partial charge in [-0.25, -0.2) is 0 Å². The maximum absolute atomic E-state index is 12.5. The summed E-state index contributed by atoms with van der Waals surface area (Å²) in [6, 6.07) is 0.584. The highest BCUT2D eigenvalue weighted by Crippen LogP contribution is 2.66. The molecule has 7 heteroatoms. The van der Waals surface area contributed by atoms with E-state index in [-0.39, 0.29) is 17.5 Å². The van der Waals surface area contributed by atoms with Gasteiger partial charge in [0.1, 0.15) is 5.66 Å². The minimum absolute atomic E-state index is 0.0359. The summed E-state index contributed by atoms with van der Waals surface area (Å²) in [5, 5.41) is 0. The van der Waals surface area contributed by atoms with Crippen molar-refractivity contribution < 1.29 is 19.1 Å². The van der Waals surface area contributed by atoms with E-state index in [0.717, 1.165) is 52.2 Å². The highest BCUT2D eigenvalue weighted by molar-refractivity contribution is 6.03. The molecule has 2 unspecified atom stereocenters. The molecule has 0 aromatic carbocycles. The van der Waals surface area contributed by atoms with Gasteiger partial charge in [-0.2, -0.15) is 0 Å². The highest BCUT2D eigenvalue weighted by Gasteiger charge is 2.76. The largest absolute Gasteiger partial charge is 0.379 e. The molecular weight excluding hydrogens is 322 g/mol. The van der Waals surface area contributed by atoms with Gasteiger partial charge in [-0.15, -0.1) is 0 Å². The molecule has 7 nitrogen and oxygen atoms in total. The van der Waals surface area contributed by atoms with Crippen molar-refractivity contribution in [2.45, 2.75) is 37.4 Å². The fourth-order valence-electron chi connectivity index (χ4n) is 5.94. The number of ether oxygens (including phenoxy) is 2. The number of carbonyl (C=O) groups is 2. The standard InChI is InChI=1S/C18H27N3O4/c22-16-1-2-17(23)21(16)18(20-5-9-25-10-6-20)14-11-13(12-15(14)18)19-3-7-24-8-4-19/h13-15H,1-12H2/t13?,14-,15+,18?. The molecule has 2 saturated carbocycles. The van der Waals surface area contributed by atoms with Crippen LogP contribution in [-0.2, 0) is 19.1 Å². The minimum Gasteiger partial charge on any atom is -0.379 e. The quantitative estimate of drug-likeness (QED) is 0.664. The van der Waals surface area contributed by atoms with E-state index in [9.17, 15) is 9.59 Å². The number of carbonyl (C=O) groups excluding carboxylic acids is 2. The van der Waals surface area contributed by atoms with E-state index in [4.69, 9.17) is 9.47 Å². The molecule has 2 amide bonds. The third-order valence-electron chi connectivity index (χ3n) is 7.01. The average Bonchev–Trinajstić information content (AvgIpc) is 2.96. The molecule has 2 aliphatic carbocycles. The fraction of sp³-hybridized carbons (Fsp3) is 0.889. The first kappa shape index (κ1) is 16.2. The monoisotopic (exact) mass is 349 g/mol. The lowest BCUT2D eigenvalue weighted by Crippen LogP contribution is -2.60. The van der Waals surface area contributed by atoms with Crippen LogP contribution in [0.1, 0.15) is 25.7 Å². The summed E-state index contributed by atoms with van der Waals surface area (Å²) in [4.78, 5) is 31.7. The molecule has 3 aliphatic heterocycles. The van der Waals surface area contributed by atoms with Gasteiger partial charge in [0.25, 0.3) is 0 Å². The minimum atomic E-state index is -0.336. The Morgan fingerprint density at radius 3 is 1.88 bits per heavy atom. The molecule has 4 atom stereocenters. The number of likely N-dealkylation sites (tertiary alicyclic amines) is 1. The van der Waals surface area contributed by atoms with Crippen LogP contribution < -0.4 is 0 Å². The number of morpholine rings is 2. The molecule has 5 fully saturated rings. The zero-order valence-corrected chi connectivity index (χ0v) is 14.7. The molecule has 3 saturated heterocycles. The van der Waals surface area contributed by atoms with Crippen molar-refractivity contribution in [2.24, 2.45) is 11.8 Å². The van der Waals surface area contributed by atoms with Gasteiger partial charge in [0.15, 0.2) is 0 Å². The Kier molecular flexibility index (Phi) is 3.89. The van der Waals surface area contributed by atoms with E-state index in [0.29, 0.717) is 43.9 Å². The third kappa shape index (κ3) is 2.32. The number of imide groups is 1. The summed E-state index contributed by atoms with van der Waals surface area (Å²) in [6.45, 7) is 6.71. The van der Waals surface area contributed by atoms with Crippen LogP contribution in [0.25, 0.3) is 0 Å². The van der Waals surface area contributed by atoms with Gasteiger partial charge in [0, 0.05) is 56.9 Å². The molecule has 3 heterocycles. The Morgan fingerprint density at radius 1 is 0.800 bits per heavy atom. The molecule has 0 aromatic rings. The van der Waals surface area contributed by atoms with E-state index >= 15 is 0 Å². The van der Waals surface area contributed by atoms with E-state index in [2.05, 4.69) is 9.80 Å². The molecule has 5 aliphatic rings. The highest BCUT2D eigenvalue weighted by atomic mass is 16.5. The number of rotatable bonds is 3. The van der Waals surface area contributed by atoms with Gasteiger partial charge in [-0.3, -0.25) is 24.3 Å². The van der Waals surface area contributed by atoms with E-state index < -0.39 is 0 Å². The predicted molar refractivity (Wildman–Crippen MR) is 88.6 cm³/mol. The number of hydrogen-bond acceptors (Lipinski definition) is 6. The molecular formula is C18H27N3O4. The predicted octanol–water partition coefficient (Wildman–Crippen LogP) is -0.0955. The molecule has 0 radical (unpaired) electrons. The van der Waals surface area contributed by atoms with Crippen molar-refractivity contribution in [2.75, 3.05) is 52.6 Å². The van der Waals surface area contributed by atoms with Crippen LogP contribution >= 0.6 is 0 Å². The van der Waals surface area contributed by atoms with Gasteiger partial charge < -0.3 is 9.47 Å². The van der Waals surface area contributed by atoms with E-state index in [1.54, 1.807) is 4.90 Å². The normalized spacial score (nSPS) is 42.9. The first-order valence-corrected chi connectivity index (χ1v) is 9.73. The van der Waals surface area contributed by atoms with Crippen molar-refractivity contribution in [3.8, 4) is 0 Å². The molecule has 0 bridgehead atoms. The Morgan fingerprint density at radius 2 is 1.32 bits per heavy atom. The molecule has 0 spiro atoms. The molecule has 5 rings (SSSR count). The summed E-state index contributed by atoms with van der Waals surface area (Å²) >= 11 is 0. The van der Waals surface area contributed by atoms with Gasteiger partial charge >= 0.3 is 0 Å². The lowest BCUT2D eigenvalue weighted by Gasteiger charge is -2.44. The Hall–Kier alpha value is -1.02. The van der Waals surface area contributed by atoms with Gasteiger partial charge in [0.2, 0.25) is 11.8 Å². The maximum Gasteiger partial charge on any atom is 0.231 e. The topological polar surface area (TPSA) is 62.3 Å². The maximum atomic E-state index is 12.5. The molecule has 0 aromatic heterocycles. The van der Waals surface area contributed by atoms with Crippen LogP contribution in [-0.4, -0.2) is 90.8 Å². The zero-order valence-electron chi connectivity index (χ0n) is 14.7. The third-order valence-corrected chi connectivity index (χ3v) is 7.01. The summed E-state index contributed by atoms with van der Waals surface area (Å²) in [6.07, 6.45) is 2.96. The van der Waals surface area contributed by atoms with Crippen LogP contribution in [0.3, 0.4) is 0 Å². The second-order valence-electron chi connectivity index (χ2n) is 7.99. The van der Waals surface area contributed by atoms with Crippen molar-refractivity contribution in [3.63, 3.8) is 0 Å². The van der Waals surface area contributed by atoms with Crippen LogP contribution in [0.15, 0.2) is 0 Å². The second kappa shape index (κ2) is 6.01. The van der Waals surface area contributed by atoms with Gasteiger partial charge in [-0.05, 0) is 12.8 Å².